The highest BCUT2D eigenvalue weighted by molar-refractivity contribution is 7.89. The summed E-state index contributed by atoms with van der Waals surface area (Å²) in [5.41, 5.74) is 2.47. The summed E-state index contributed by atoms with van der Waals surface area (Å²) in [6.45, 7) is 4.36. The molecule has 2 aromatic rings. The summed E-state index contributed by atoms with van der Waals surface area (Å²) in [6.07, 6.45) is 1.25. The number of rotatable bonds is 5. The monoisotopic (exact) mass is 436 g/mol. The first-order valence-electron chi connectivity index (χ1n) is 9.44. The van der Waals surface area contributed by atoms with Crippen molar-refractivity contribution >= 4 is 33.2 Å². The molecule has 2 aromatic carbocycles. The second-order valence-corrected chi connectivity index (χ2v) is 9.65. The standard InChI is InChI=1S/C21H25ClN2O4S/c1-14-11-15(2)20(19(22)12-14)23-21(25)16-5-4-10-24(13-16)29(26,27)18-8-6-17(28-3)7-9-18/h6-9,11-12,16H,4-5,10,13H2,1-3H3,(H,23,25). The maximum absolute atomic E-state index is 13.0. The SMILES string of the molecule is COc1ccc(S(=O)(=O)N2CCCC(C(=O)Nc3c(C)cc(C)cc3Cl)C2)cc1. The maximum Gasteiger partial charge on any atom is 0.243 e. The molecule has 3 rings (SSSR count). The van der Waals surface area contributed by atoms with E-state index in [0.717, 1.165) is 11.1 Å². The number of carbonyl (C=O) groups excluding carboxylic acids is 1. The summed E-state index contributed by atoms with van der Waals surface area (Å²) in [4.78, 5) is 13.0. The summed E-state index contributed by atoms with van der Waals surface area (Å²) in [5.74, 6) is -0.0628. The number of hydrogen-bond acceptors (Lipinski definition) is 4. The van der Waals surface area contributed by atoms with Crippen LogP contribution in [0.15, 0.2) is 41.3 Å². The topological polar surface area (TPSA) is 75.7 Å². The molecule has 0 saturated carbocycles. The van der Waals surface area contributed by atoms with Gasteiger partial charge in [-0.05, 0) is 68.1 Å². The summed E-state index contributed by atoms with van der Waals surface area (Å²) in [7, 11) is -2.15. The van der Waals surface area contributed by atoms with Gasteiger partial charge in [0.05, 0.1) is 28.6 Å². The Bertz CT molecular complexity index is 983. The highest BCUT2D eigenvalue weighted by Crippen LogP contribution is 2.30. The van der Waals surface area contributed by atoms with E-state index in [1.165, 1.54) is 23.5 Å². The number of nitrogens with one attached hydrogen (secondary N) is 1. The molecule has 1 heterocycles. The van der Waals surface area contributed by atoms with Crippen molar-refractivity contribution in [1.29, 1.82) is 0 Å². The Labute approximate surface area is 176 Å². The van der Waals surface area contributed by atoms with E-state index in [1.807, 2.05) is 19.9 Å². The number of hydrogen-bond donors (Lipinski definition) is 1. The van der Waals surface area contributed by atoms with Crippen LogP contribution in [0.4, 0.5) is 5.69 Å². The molecule has 1 fully saturated rings. The molecule has 1 unspecified atom stereocenters. The van der Waals surface area contributed by atoms with Gasteiger partial charge in [0.1, 0.15) is 5.75 Å². The number of ether oxygens (including phenoxy) is 1. The van der Waals surface area contributed by atoms with Crippen LogP contribution >= 0.6 is 11.6 Å². The molecule has 0 aromatic heterocycles. The van der Waals surface area contributed by atoms with Gasteiger partial charge in [0, 0.05) is 13.1 Å². The maximum atomic E-state index is 13.0. The Morgan fingerprint density at radius 3 is 2.52 bits per heavy atom. The van der Waals surface area contributed by atoms with Crippen molar-refractivity contribution in [3.8, 4) is 5.75 Å². The lowest BCUT2D eigenvalue weighted by molar-refractivity contribution is -0.120. The zero-order valence-corrected chi connectivity index (χ0v) is 18.3. The minimum atomic E-state index is -3.68. The van der Waals surface area contributed by atoms with E-state index in [-0.39, 0.29) is 17.3 Å². The number of carbonyl (C=O) groups is 1. The second kappa shape index (κ2) is 8.73. The van der Waals surface area contributed by atoms with E-state index in [0.29, 0.717) is 35.8 Å². The van der Waals surface area contributed by atoms with Crippen molar-refractivity contribution in [1.82, 2.24) is 4.31 Å². The minimum Gasteiger partial charge on any atom is -0.497 e. The lowest BCUT2D eigenvalue weighted by Gasteiger charge is -2.31. The number of nitrogens with zero attached hydrogens (tertiary/aromatic N) is 1. The smallest absolute Gasteiger partial charge is 0.243 e. The van der Waals surface area contributed by atoms with Crippen LogP contribution < -0.4 is 10.1 Å². The lowest BCUT2D eigenvalue weighted by atomic mass is 9.98. The first-order valence-corrected chi connectivity index (χ1v) is 11.3. The van der Waals surface area contributed by atoms with Gasteiger partial charge in [-0.1, -0.05) is 17.7 Å². The molecule has 0 spiro atoms. The molecule has 0 aliphatic carbocycles. The predicted octanol–water partition coefficient (Wildman–Crippen LogP) is 4.00. The van der Waals surface area contributed by atoms with Crippen LogP contribution in [0.1, 0.15) is 24.0 Å². The first kappa shape index (κ1) is 21.6. The third-order valence-electron chi connectivity index (χ3n) is 5.13. The largest absolute Gasteiger partial charge is 0.497 e. The average Bonchev–Trinajstić information content (AvgIpc) is 2.70. The van der Waals surface area contributed by atoms with Gasteiger partial charge in [-0.2, -0.15) is 4.31 Å². The number of methoxy groups -OCH3 is 1. The molecular weight excluding hydrogens is 412 g/mol. The van der Waals surface area contributed by atoms with Crippen LogP contribution in [0, 0.1) is 19.8 Å². The number of anilines is 1. The van der Waals surface area contributed by atoms with Crippen molar-refractivity contribution in [2.45, 2.75) is 31.6 Å². The Kier molecular flexibility index (Phi) is 6.51. The molecule has 6 nitrogen and oxygen atoms in total. The van der Waals surface area contributed by atoms with Crippen molar-refractivity contribution in [2.75, 3.05) is 25.5 Å². The van der Waals surface area contributed by atoms with Crippen molar-refractivity contribution < 1.29 is 17.9 Å². The van der Waals surface area contributed by atoms with Crippen molar-refractivity contribution in [3.05, 3.63) is 52.5 Å². The molecule has 8 heteroatoms. The normalized spacial score (nSPS) is 17.7. The van der Waals surface area contributed by atoms with Gasteiger partial charge >= 0.3 is 0 Å². The Balaban J connectivity index is 1.75. The molecule has 156 valence electrons. The fraction of sp³-hybridized carbons (Fsp3) is 0.381. The minimum absolute atomic E-state index is 0.142. The molecule has 1 amide bonds. The van der Waals surface area contributed by atoms with Gasteiger partial charge in [-0.3, -0.25) is 4.79 Å². The number of halogens is 1. The van der Waals surface area contributed by atoms with Gasteiger partial charge in [-0.15, -0.1) is 0 Å². The van der Waals surface area contributed by atoms with E-state index >= 15 is 0 Å². The number of sulfonamides is 1. The molecule has 29 heavy (non-hydrogen) atoms. The van der Waals surface area contributed by atoms with Crippen LogP contribution in [0.2, 0.25) is 5.02 Å². The van der Waals surface area contributed by atoms with E-state index in [9.17, 15) is 13.2 Å². The fourth-order valence-corrected chi connectivity index (χ4v) is 5.46. The molecule has 0 bridgehead atoms. The Morgan fingerprint density at radius 1 is 1.21 bits per heavy atom. The number of aryl methyl sites for hydroxylation is 2. The average molecular weight is 437 g/mol. The van der Waals surface area contributed by atoms with Crippen LogP contribution in [-0.4, -0.2) is 38.8 Å². The quantitative estimate of drug-likeness (QED) is 0.768. The molecule has 1 saturated heterocycles. The second-order valence-electron chi connectivity index (χ2n) is 7.31. The molecular formula is C21H25ClN2O4S. The molecule has 1 atom stereocenters. The fourth-order valence-electron chi connectivity index (χ4n) is 3.57. The third-order valence-corrected chi connectivity index (χ3v) is 7.31. The van der Waals surface area contributed by atoms with Crippen LogP contribution in [0.5, 0.6) is 5.75 Å². The molecule has 0 radical (unpaired) electrons. The summed E-state index contributed by atoms with van der Waals surface area (Å²) >= 11 is 6.29. The third kappa shape index (κ3) is 4.74. The van der Waals surface area contributed by atoms with E-state index in [2.05, 4.69) is 5.32 Å². The summed E-state index contributed by atoms with van der Waals surface area (Å²) in [6, 6.07) is 10.0. The zero-order valence-electron chi connectivity index (χ0n) is 16.7. The number of amides is 1. The van der Waals surface area contributed by atoms with Crippen LogP contribution in [0.25, 0.3) is 0 Å². The Hall–Kier alpha value is -2.09. The van der Waals surface area contributed by atoms with Gasteiger partial charge in [-0.25, -0.2) is 8.42 Å². The van der Waals surface area contributed by atoms with Crippen LogP contribution in [0.3, 0.4) is 0 Å². The van der Waals surface area contributed by atoms with E-state index in [4.69, 9.17) is 16.3 Å². The van der Waals surface area contributed by atoms with Gasteiger partial charge < -0.3 is 10.1 Å². The van der Waals surface area contributed by atoms with Gasteiger partial charge in [0.2, 0.25) is 15.9 Å². The van der Waals surface area contributed by atoms with E-state index in [1.54, 1.807) is 18.2 Å². The number of benzene rings is 2. The highest BCUT2D eigenvalue weighted by atomic mass is 35.5. The van der Waals surface area contributed by atoms with E-state index < -0.39 is 15.9 Å². The van der Waals surface area contributed by atoms with Gasteiger partial charge in [0.15, 0.2) is 0 Å². The number of piperidine rings is 1. The first-order chi connectivity index (χ1) is 13.7. The Morgan fingerprint density at radius 2 is 1.90 bits per heavy atom. The molecule has 1 aliphatic heterocycles. The van der Waals surface area contributed by atoms with Gasteiger partial charge in [0.25, 0.3) is 0 Å². The molecule has 1 aliphatic rings. The highest BCUT2D eigenvalue weighted by Gasteiger charge is 2.33. The lowest BCUT2D eigenvalue weighted by Crippen LogP contribution is -2.43. The predicted molar refractivity (Wildman–Crippen MR) is 114 cm³/mol. The van der Waals surface area contributed by atoms with Crippen molar-refractivity contribution in [2.24, 2.45) is 5.92 Å². The summed E-state index contributed by atoms with van der Waals surface area (Å²) in [5, 5.41) is 3.37. The van der Waals surface area contributed by atoms with Crippen molar-refractivity contribution in [3.63, 3.8) is 0 Å². The van der Waals surface area contributed by atoms with Crippen LogP contribution in [-0.2, 0) is 14.8 Å². The molecule has 1 N–H and O–H groups in total. The summed E-state index contributed by atoms with van der Waals surface area (Å²) < 4.78 is 32.5. The zero-order chi connectivity index (χ0) is 21.2.